The van der Waals surface area contributed by atoms with Crippen molar-refractivity contribution in [3.8, 4) is 17.2 Å². The quantitative estimate of drug-likeness (QED) is 0.772. The molecule has 1 aliphatic heterocycles. The average Bonchev–Trinajstić information content (AvgIpc) is 3.08. The van der Waals surface area contributed by atoms with E-state index in [2.05, 4.69) is 15.5 Å². The average molecular weight is 325 g/mol. The number of anilines is 2. The minimum Gasteiger partial charge on any atom is -0.486 e. The molecule has 0 bridgehead atoms. The van der Waals surface area contributed by atoms with Crippen molar-refractivity contribution in [1.82, 2.24) is 10.2 Å². The maximum atomic E-state index is 5.57. The zero-order chi connectivity index (χ0) is 16.2. The summed E-state index contributed by atoms with van der Waals surface area (Å²) in [5.74, 6) is 2.56. The van der Waals surface area contributed by atoms with Gasteiger partial charge in [0.2, 0.25) is 0 Å². The first-order valence-corrected chi connectivity index (χ1v) is 7.54. The van der Waals surface area contributed by atoms with Gasteiger partial charge in [-0.1, -0.05) is 23.3 Å². The van der Waals surface area contributed by atoms with Crippen LogP contribution < -0.4 is 19.5 Å². The van der Waals surface area contributed by atoms with Crippen molar-refractivity contribution in [2.45, 2.75) is 6.61 Å². The van der Waals surface area contributed by atoms with Crippen LogP contribution in [0.15, 0.2) is 52.9 Å². The maximum absolute atomic E-state index is 5.57. The van der Waals surface area contributed by atoms with Gasteiger partial charge >= 0.3 is 6.01 Å². The molecular weight excluding hydrogens is 310 g/mol. The Morgan fingerprint density at radius 3 is 2.67 bits per heavy atom. The predicted octanol–water partition coefficient (Wildman–Crippen LogP) is 3.16. The zero-order valence-corrected chi connectivity index (χ0v) is 12.8. The topological polar surface area (TPSA) is 78.6 Å². The number of para-hydroxylation sites is 1. The molecule has 0 atom stereocenters. The summed E-state index contributed by atoms with van der Waals surface area (Å²) in [5.41, 5.74) is 0.776. The van der Waals surface area contributed by atoms with Crippen molar-refractivity contribution in [2.75, 3.05) is 18.5 Å². The van der Waals surface area contributed by atoms with E-state index in [4.69, 9.17) is 18.6 Å². The number of ether oxygens (including phenoxy) is 3. The molecule has 0 saturated heterocycles. The lowest BCUT2D eigenvalue weighted by Gasteiger charge is -2.18. The molecule has 1 N–H and O–H groups in total. The summed E-state index contributed by atoms with van der Waals surface area (Å²) in [5, 5.41) is 11.0. The van der Waals surface area contributed by atoms with Crippen LogP contribution in [0.25, 0.3) is 0 Å². The Hall–Kier alpha value is -3.22. The second-order valence-electron chi connectivity index (χ2n) is 5.09. The van der Waals surface area contributed by atoms with Crippen molar-refractivity contribution in [3.63, 3.8) is 0 Å². The van der Waals surface area contributed by atoms with E-state index in [1.807, 2.05) is 48.5 Å². The Balaban J connectivity index is 1.40. The van der Waals surface area contributed by atoms with Crippen molar-refractivity contribution < 1.29 is 18.6 Å². The van der Waals surface area contributed by atoms with Gasteiger partial charge in [0.15, 0.2) is 18.1 Å². The molecule has 0 unspecified atom stereocenters. The third kappa shape index (κ3) is 3.24. The summed E-state index contributed by atoms with van der Waals surface area (Å²) < 4.78 is 22.1. The second kappa shape index (κ2) is 6.49. The molecule has 1 aromatic heterocycles. The Labute approximate surface area is 138 Å². The fourth-order valence-electron chi connectivity index (χ4n) is 2.27. The van der Waals surface area contributed by atoms with Crippen LogP contribution >= 0.6 is 0 Å². The first-order valence-electron chi connectivity index (χ1n) is 7.54. The first-order chi connectivity index (χ1) is 11.9. The van der Waals surface area contributed by atoms with Gasteiger partial charge in [-0.2, -0.15) is 0 Å². The molecule has 0 saturated carbocycles. The van der Waals surface area contributed by atoms with E-state index in [1.165, 1.54) is 0 Å². The number of hydrogen-bond donors (Lipinski definition) is 1. The van der Waals surface area contributed by atoms with Crippen molar-refractivity contribution in [2.24, 2.45) is 0 Å². The maximum Gasteiger partial charge on any atom is 0.320 e. The highest BCUT2D eigenvalue weighted by Crippen LogP contribution is 2.33. The standard InChI is InChI=1S/C17H15N3O4/c1-2-4-13(5-3-1)23-11-16-19-20-17(24-16)18-12-6-7-14-15(10-12)22-9-8-21-14/h1-7,10H,8-9,11H2,(H,18,20). The molecular formula is C17H15N3O4. The Kier molecular flexibility index (Phi) is 3.89. The van der Waals surface area contributed by atoms with Gasteiger partial charge < -0.3 is 23.9 Å². The van der Waals surface area contributed by atoms with Crippen LogP contribution in [0.3, 0.4) is 0 Å². The van der Waals surface area contributed by atoms with E-state index < -0.39 is 0 Å². The molecule has 7 nitrogen and oxygen atoms in total. The molecule has 7 heteroatoms. The highest BCUT2D eigenvalue weighted by Gasteiger charge is 2.13. The van der Waals surface area contributed by atoms with Crippen LogP contribution in [-0.2, 0) is 6.61 Å². The number of hydrogen-bond acceptors (Lipinski definition) is 7. The van der Waals surface area contributed by atoms with Gasteiger partial charge in [-0.05, 0) is 24.3 Å². The van der Waals surface area contributed by atoms with E-state index in [9.17, 15) is 0 Å². The summed E-state index contributed by atoms with van der Waals surface area (Å²) in [6.45, 7) is 1.31. The molecule has 0 radical (unpaired) electrons. The van der Waals surface area contributed by atoms with Crippen LogP contribution in [0, 0.1) is 0 Å². The highest BCUT2D eigenvalue weighted by atomic mass is 16.6. The molecule has 0 amide bonds. The molecule has 1 aliphatic rings. The van der Waals surface area contributed by atoms with Crippen LogP contribution in [0.4, 0.5) is 11.7 Å². The summed E-state index contributed by atoms with van der Waals surface area (Å²) in [7, 11) is 0. The molecule has 24 heavy (non-hydrogen) atoms. The van der Waals surface area contributed by atoms with E-state index in [0.29, 0.717) is 30.9 Å². The second-order valence-corrected chi connectivity index (χ2v) is 5.09. The van der Waals surface area contributed by atoms with Crippen LogP contribution in [0.5, 0.6) is 17.2 Å². The van der Waals surface area contributed by atoms with Crippen LogP contribution in [0.1, 0.15) is 5.89 Å². The molecule has 122 valence electrons. The smallest absolute Gasteiger partial charge is 0.320 e. The SMILES string of the molecule is c1ccc(OCc2nnc(Nc3ccc4c(c3)OCCO4)o2)cc1. The van der Waals surface area contributed by atoms with Gasteiger partial charge in [0, 0.05) is 11.8 Å². The number of nitrogens with one attached hydrogen (secondary N) is 1. The predicted molar refractivity (Wildman–Crippen MR) is 85.8 cm³/mol. The monoisotopic (exact) mass is 325 g/mol. The largest absolute Gasteiger partial charge is 0.486 e. The fourth-order valence-corrected chi connectivity index (χ4v) is 2.27. The summed E-state index contributed by atoms with van der Waals surface area (Å²) in [4.78, 5) is 0. The minimum absolute atomic E-state index is 0.208. The third-order valence-electron chi connectivity index (χ3n) is 3.37. The third-order valence-corrected chi connectivity index (χ3v) is 3.37. The van der Waals surface area contributed by atoms with Gasteiger partial charge in [0.05, 0.1) is 0 Å². The highest BCUT2D eigenvalue weighted by molar-refractivity contribution is 5.59. The number of benzene rings is 2. The molecule has 0 aliphatic carbocycles. The molecule has 3 aromatic rings. The Morgan fingerprint density at radius 1 is 0.958 bits per heavy atom. The first kappa shape index (κ1) is 14.4. The number of nitrogens with zero attached hydrogens (tertiary/aromatic N) is 2. The number of aromatic nitrogens is 2. The van der Waals surface area contributed by atoms with Crippen molar-refractivity contribution in [1.29, 1.82) is 0 Å². The minimum atomic E-state index is 0.208. The van der Waals surface area contributed by atoms with Crippen molar-refractivity contribution >= 4 is 11.7 Å². The number of rotatable bonds is 5. The van der Waals surface area contributed by atoms with Gasteiger partial charge in [-0.3, -0.25) is 0 Å². The summed E-state index contributed by atoms with van der Waals surface area (Å²) >= 11 is 0. The van der Waals surface area contributed by atoms with E-state index in [0.717, 1.165) is 17.2 Å². The van der Waals surface area contributed by atoms with E-state index in [-0.39, 0.29) is 6.61 Å². The van der Waals surface area contributed by atoms with Gasteiger partial charge in [0.1, 0.15) is 19.0 Å². The van der Waals surface area contributed by atoms with E-state index >= 15 is 0 Å². The van der Waals surface area contributed by atoms with E-state index in [1.54, 1.807) is 0 Å². The number of fused-ring (bicyclic) bond motifs is 1. The summed E-state index contributed by atoms with van der Waals surface area (Å²) in [6, 6.07) is 15.3. The van der Waals surface area contributed by atoms with Gasteiger partial charge in [-0.25, -0.2) is 0 Å². The van der Waals surface area contributed by atoms with Gasteiger partial charge in [0.25, 0.3) is 5.89 Å². The normalized spacial score (nSPS) is 12.7. The Bertz CT molecular complexity index is 820. The lowest BCUT2D eigenvalue weighted by Crippen LogP contribution is -2.15. The molecule has 2 aromatic carbocycles. The fraction of sp³-hybridized carbons (Fsp3) is 0.176. The molecule has 2 heterocycles. The van der Waals surface area contributed by atoms with Crippen molar-refractivity contribution in [3.05, 3.63) is 54.4 Å². The van der Waals surface area contributed by atoms with Crippen LogP contribution in [-0.4, -0.2) is 23.4 Å². The van der Waals surface area contributed by atoms with Gasteiger partial charge in [-0.15, -0.1) is 5.10 Å². The molecule has 0 fully saturated rings. The lowest BCUT2D eigenvalue weighted by molar-refractivity contribution is 0.171. The molecule has 0 spiro atoms. The summed E-state index contributed by atoms with van der Waals surface area (Å²) in [6.07, 6.45) is 0. The zero-order valence-electron chi connectivity index (χ0n) is 12.8. The molecule has 4 rings (SSSR count). The Morgan fingerprint density at radius 2 is 1.79 bits per heavy atom. The lowest BCUT2D eigenvalue weighted by atomic mass is 10.2. The van der Waals surface area contributed by atoms with Crippen LogP contribution in [0.2, 0.25) is 0 Å².